The van der Waals surface area contributed by atoms with E-state index >= 15 is 0 Å². The average Bonchev–Trinajstić information content (AvgIpc) is 2.25. The summed E-state index contributed by atoms with van der Waals surface area (Å²) < 4.78 is 32.7. The van der Waals surface area contributed by atoms with E-state index in [9.17, 15) is 23.1 Å². The Morgan fingerprint density at radius 3 is 2.32 bits per heavy atom. The molecule has 0 unspecified atom stereocenters. The van der Waals surface area contributed by atoms with Gasteiger partial charge in [0.2, 0.25) is 0 Å². The van der Waals surface area contributed by atoms with Crippen LogP contribution >= 0.6 is 0 Å². The average molecular weight is 290 g/mol. The van der Waals surface area contributed by atoms with E-state index in [1.807, 2.05) is 0 Å². The van der Waals surface area contributed by atoms with Crippen LogP contribution in [0, 0.1) is 10.1 Å². The zero-order valence-electron chi connectivity index (χ0n) is 9.86. The van der Waals surface area contributed by atoms with Crippen molar-refractivity contribution < 1.29 is 47.5 Å². The fourth-order valence-electron chi connectivity index (χ4n) is 1.62. The van der Waals surface area contributed by atoms with E-state index in [1.54, 1.807) is 0 Å². The predicted molar refractivity (Wildman–Crippen MR) is 63.0 cm³/mol. The molecule has 2 aromatic carbocycles. The quantitative estimate of drug-likeness (QED) is 0.229. The number of hydrogen-bond donors (Lipinski definition) is 1. The number of nitro groups is 1. The van der Waals surface area contributed by atoms with Gasteiger partial charge in [0.1, 0.15) is 10.1 Å². The van der Waals surface area contributed by atoms with E-state index in [-0.39, 0.29) is 40.3 Å². The summed E-state index contributed by atoms with van der Waals surface area (Å²) in [4.78, 5) is 9.49. The molecule has 0 amide bonds. The maximum absolute atomic E-state index is 10.9. The number of nitrogens with zero attached hydrogens (tertiary/aromatic N) is 1. The Morgan fingerprint density at radius 1 is 1.16 bits per heavy atom. The van der Waals surface area contributed by atoms with E-state index in [1.165, 1.54) is 18.2 Å². The number of nitrogen functional groups attached to an aromatic ring is 1. The molecule has 0 atom stereocenters. The summed E-state index contributed by atoms with van der Waals surface area (Å²) in [6.07, 6.45) is 0. The number of fused-ring (bicyclic) bond motifs is 1. The van der Waals surface area contributed by atoms with E-state index in [0.29, 0.717) is 5.69 Å². The van der Waals surface area contributed by atoms with Crippen LogP contribution in [0.5, 0.6) is 0 Å². The third kappa shape index (κ3) is 3.23. The van der Waals surface area contributed by atoms with Crippen LogP contribution in [0.1, 0.15) is 0 Å². The molecule has 0 spiro atoms. The molecule has 0 radical (unpaired) electrons. The summed E-state index contributed by atoms with van der Waals surface area (Å²) in [6.45, 7) is 0. The molecule has 0 saturated heterocycles. The smallest absolute Gasteiger partial charge is 0.744 e. The van der Waals surface area contributed by atoms with Crippen LogP contribution in [0.15, 0.2) is 35.2 Å². The van der Waals surface area contributed by atoms with Gasteiger partial charge in [-0.15, -0.1) is 0 Å². The minimum absolute atomic E-state index is 0. The first-order chi connectivity index (χ1) is 8.29. The van der Waals surface area contributed by atoms with Crippen LogP contribution in [-0.4, -0.2) is 17.9 Å². The van der Waals surface area contributed by atoms with Crippen LogP contribution in [0.2, 0.25) is 0 Å². The van der Waals surface area contributed by atoms with Crippen molar-refractivity contribution in [2.45, 2.75) is 4.90 Å². The normalized spacial score (nSPS) is 11.0. The Morgan fingerprint density at radius 2 is 1.79 bits per heavy atom. The summed E-state index contributed by atoms with van der Waals surface area (Å²) in [5.41, 5.74) is 5.36. The van der Waals surface area contributed by atoms with Gasteiger partial charge in [-0.05, 0) is 23.6 Å². The molecule has 0 aromatic heterocycles. The summed E-state index contributed by atoms with van der Waals surface area (Å²) in [5, 5.41) is 11.3. The number of rotatable bonds is 2. The molecule has 7 nitrogen and oxygen atoms in total. The summed E-state index contributed by atoms with van der Waals surface area (Å²) in [5.74, 6) is 0. The second kappa shape index (κ2) is 5.43. The number of nitro benzene ring substituents is 1. The van der Waals surface area contributed by atoms with Gasteiger partial charge in [0.25, 0.3) is 5.69 Å². The first-order valence-electron chi connectivity index (χ1n) is 4.72. The topological polar surface area (TPSA) is 126 Å². The predicted octanol–water partition coefficient (Wildman–Crippen LogP) is -1.76. The molecule has 0 aliphatic rings. The van der Waals surface area contributed by atoms with Crippen LogP contribution in [0.25, 0.3) is 10.8 Å². The van der Waals surface area contributed by atoms with Crippen molar-refractivity contribution >= 4 is 32.3 Å². The Bertz CT molecular complexity index is 760. The van der Waals surface area contributed by atoms with Crippen LogP contribution in [-0.2, 0) is 10.1 Å². The zero-order chi connectivity index (χ0) is 13.5. The number of nitrogens with two attached hydrogens (primary N) is 1. The minimum atomic E-state index is -4.75. The first kappa shape index (κ1) is 15.9. The Kier molecular flexibility index (Phi) is 4.54. The molecule has 0 aliphatic carbocycles. The first-order valence-corrected chi connectivity index (χ1v) is 6.13. The molecule has 19 heavy (non-hydrogen) atoms. The van der Waals surface area contributed by atoms with Crippen molar-refractivity contribution in [3.8, 4) is 0 Å². The van der Waals surface area contributed by atoms with Crippen molar-refractivity contribution in [3.05, 3.63) is 40.4 Å². The third-order valence-corrected chi connectivity index (χ3v) is 3.23. The van der Waals surface area contributed by atoms with Crippen molar-refractivity contribution in [1.82, 2.24) is 0 Å². The van der Waals surface area contributed by atoms with Gasteiger partial charge >= 0.3 is 29.6 Å². The van der Waals surface area contributed by atoms with Crippen molar-refractivity contribution in [3.63, 3.8) is 0 Å². The molecule has 0 bridgehead atoms. The maximum Gasteiger partial charge on any atom is 1.00 e. The van der Waals surface area contributed by atoms with Crippen LogP contribution in [0.4, 0.5) is 11.4 Å². The van der Waals surface area contributed by atoms with Gasteiger partial charge in [-0.1, -0.05) is 6.07 Å². The van der Waals surface area contributed by atoms with Crippen LogP contribution < -0.4 is 35.3 Å². The second-order valence-electron chi connectivity index (χ2n) is 3.63. The van der Waals surface area contributed by atoms with Gasteiger partial charge in [0.15, 0.2) is 0 Å². The van der Waals surface area contributed by atoms with Gasteiger partial charge < -0.3 is 10.3 Å². The second-order valence-corrected chi connectivity index (χ2v) is 5.01. The molecule has 0 saturated carbocycles. The Balaban J connectivity index is 0.00000180. The maximum atomic E-state index is 10.9. The van der Waals surface area contributed by atoms with E-state index in [0.717, 1.165) is 12.1 Å². The Hall–Kier alpha value is -1.19. The SMILES string of the molecule is Nc1ccc2cc(S(=O)(=O)[O-])cc([N+](=O)[O-])c2c1.[Na+]. The fraction of sp³-hybridized carbons (Fsp3) is 0. The van der Waals surface area contributed by atoms with Gasteiger partial charge in [-0.25, -0.2) is 8.42 Å². The molecule has 2 N–H and O–H groups in total. The van der Waals surface area contributed by atoms with Crippen molar-refractivity contribution in [2.75, 3.05) is 5.73 Å². The minimum Gasteiger partial charge on any atom is -0.744 e. The fourth-order valence-corrected chi connectivity index (χ4v) is 2.15. The molecule has 0 fully saturated rings. The van der Waals surface area contributed by atoms with Crippen LogP contribution in [0.3, 0.4) is 0 Å². The number of hydrogen-bond acceptors (Lipinski definition) is 6. The van der Waals surface area contributed by atoms with E-state index in [4.69, 9.17) is 5.73 Å². The van der Waals surface area contributed by atoms with E-state index < -0.39 is 25.6 Å². The number of non-ortho nitro benzene ring substituents is 1. The molecule has 0 aliphatic heterocycles. The largest absolute Gasteiger partial charge is 1.00 e. The van der Waals surface area contributed by atoms with Crippen molar-refractivity contribution in [1.29, 1.82) is 0 Å². The molecule has 2 rings (SSSR count). The van der Waals surface area contributed by atoms with E-state index in [2.05, 4.69) is 0 Å². The third-order valence-electron chi connectivity index (χ3n) is 2.42. The van der Waals surface area contributed by atoms with Gasteiger partial charge in [-0.3, -0.25) is 10.1 Å². The summed E-state index contributed by atoms with van der Waals surface area (Å²) in [6, 6.07) is 6.07. The molecule has 0 heterocycles. The number of anilines is 1. The molecule has 2 aromatic rings. The van der Waals surface area contributed by atoms with Gasteiger partial charge in [-0.2, -0.15) is 0 Å². The summed E-state index contributed by atoms with van der Waals surface area (Å²) >= 11 is 0. The molecule has 9 heteroatoms. The molecular formula is C10H7N2NaO5S. The molecular weight excluding hydrogens is 283 g/mol. The monoisotopic (exact) mass is 290 g/mol. The Labute approximate surface area is 130 Å². The number of benzene rings is 2. The zero-order valence-corrected chi connectivity index (χ0v) is 12.7. The molecule has 94 valence electrons. The standard InChI is InChI=1S/C10H8N2O5S.Na/c11-7-2-1-6-3-8(18(15,16)17)5-10(12(13)14)9(6)4-7;/h1-5H,11H2,(H,15,16,17);/q;+1/p-1. The summed E-state index contributed by atoms with van der Waals surface area (Å²) in [7, 11) is -4.75. The van der Waals surface area contributed by atoms with Gasteiger partial charge in [0.05, 0.1) is 15.2 Å². The van der Waals surface area contributed by atoms with Crippen molar-refractivity contribution in [2.24, 2.45) is 0 Å². The van der Waals surface area contributed by atoms with Gasteiger partial charge in [0, 0.05) is 11.8 Å².